The van der Waals surface area contributed by atoms with Gasteiger partial charge in [-0.05, 0) is 74.3 Å². The summed E-state index contributed by atoms with van der Waals surface area (Å²) in [6.45, 7) is 1.39. The minimum absolute atomic E-state index is 0.171. The highest BCUT2D eigenvalue weighted by atomic mass is 79.9. The van der Waals surface area contributed by atoms with Gasteiger partial charge in [-0.25, -0.2) is 0 Å². The van der Waals surface area contributed by atoms with Crippen LogP contribution in [0.4, 0.5) is 0 Å². The van der Waals surface area contributed by atoms with Crippen molar-refractivity contribution in [1.82, 2.24) is 4.90 Å². The second kappa shape index (κ2) is 7.75. The van der Waals surface area contributed by atoms with Crippen molar-refractivity contribution in [1.29, 1.82) is 0 Å². The standard InChI is InChI=1S/C16H17Br2ClN2/c1-21(10-11-2-5-13(19)6-3-11)16(9-20)12-4-7-14(17)15(18)8-12/h2-8,16H,9-10,20H2,1H3. The van der Waals surface area contributed by atoms with E-state index in [-0.39, 0.29) is 6.04 Å². The quantitative estimate of drug-likeness (QED) is 0.721. The summed E-state index contributed by atoms with van der Waals surface area (Å²) in [5, 5.41) is 0.758. The molecule has 0 heterocycles. The van der Waals surface area contributed by atoms with Crippen molar-refractivity contribution in [2.75, 3.05) is 13.6 Å². The molecule has 0 radical (unpaired) electrons. The van der Waals surface area contributed by atoms with Crippen LogP contribution in [0.3, 0.4) is 0 Å². The van der Waals surface area contributed by atoms with E-state index in [1.54, 1.807) is 0 Å². The third kappa shape index (κ3) is 4.54. The fourth-order valence-electron chi connectivity index (χ4n) is 2.28. The Labute approximate surface area is 147 Å². The first-order valence-electron chi connectivity index (χ1n) is 6.61. The van der Waals surface area contributed by atoms with Crippen molar-refractivity contribution < 1.29 is 0 Å². The van der Waals surface area contributed by atoms with E-state index in [2.05, 4.69) is 55.9 Å². The number of nitrogens with two attached hydrogens (primary N) is 1. The monoisotopic (exact) mass is 430 g/mol. The minimum Gasteiger partial charge on any atom is -0.329 e. The Hall–Kier alpha value is -0.390. The van der Waals surface area contributed by atoms with Crippen molar-refractivity contribution in [3.05, 3.63) is 67.6 Å². The topological polar surface area (TPSA) is 29.3 Å². The van der Waals surface area contributed by atoms with Crippen LogP contribution >= 0.6 is 43.5 Å². The van der Waals surface area contributed by atoms with Crippen LogP contribution in [0.25, 0.3) is 0 Å². The molecule has 0 saturated carbocycles. The highest BCUT2D eigenvalue weighted by molar-refractivity contribution is 9.13. The van der Waals surface area contributed by atoms with Crippen LogP contribution in [0, 0.1) is 0 Å². The highest BCUT2D eigenvalue weighted by Gasteiger charge is 2.16. The predicted octanol–water partition coefficient (Wildman–Crippen LogP) is 5.00. The molecule has 0 aliphatic rings. The molecular weight excluding hydrogens is 415 g/mol. The molecule has 0 amide bonds. The van der Waals surface area contributed by atoms with Crippen LogP contribution in [0.15, 0.2) is 51.4 Å². The molecule has 2 aromatic carbocycles. The lowest BCUT2D eigenvalue weighted by Gasteiger charge is -2.27. The summed E-state index contributed by atoms with van der Waals surface area (Å²) < 4.78 is 2.08. The van der Waals surface area contributed by atoms with Gasteiger partial charge in [0.1, 0.15) is 0 Å². The zero-order chi connectivity index (χ0) is 15.4. The predicted molar refractivity (Wildman–Crippen MR) is 96.6 cm³/mol. The maximum absolute atomic E-state index is 5.98. The molecule has 0 spiro atoms. The zero-order valence-corrected chi connectivity index (χ0v) is 15.6. The first-order valence-corrected chi connectivity index (χ1v) is 8.57. The Kier molecular flexibility index (Phi) is 6.26. The van der Waals surface area contributed by atoms with Gasteiger partial charge in [0.2, 0.25) is 0 Å². The minimum atomic E-state index is 0.171. The van der Waals surface area contributed by atoms with Gasteiger partial charge in [-0.1, -0.05) is 29.8 Å². The van der Waals surface area contributed by atoms with E-state index in [4.69, 9.17) is 17.3 Å². The van der Waals surface area contributed by atoms with E-state index < -0.39 is 0 Å². The van der Waals surface area contributed by atoms with Crippen LogP contribution < -0.4 is 5.73 Å². The molecule has 0 aliphatic carbocycles. The molecule has 0 bridgehead atoms. The van der Waals surface area contributed by atoms with E-state index in [0.717, 1.165) is 20.5 Å². The molecule has 1 unspecified atom stereocenters. The maximum atomic E-state index is 5.98. The molecule has 2 rings (SSSR count). The molecule has 112 valence electrons. The van der Waals surface area contributed by atoms with Gasteiger partial charge in [-0.15, -0.1) is 0 Å². The molecule has 0 fully saturated rings. The first kappa shape index (κ1) is 17.0. The molecule has 0 aliphatic heterocycles. The van der Waals surface area contributed by atoms with E-state index in [1.807, 2.05) is 30.3 Å². The summed E-state index contributed by atoms with van der Waals surface area (Å²) >= 11 is 13.0. The Morgan fingerprint density at radius 3 is 2.33 bits per heavy atom. The van der Waals surface area contributed by atoms with Crippen molar-refractivity contribution in [2.45, 2.75) is 12.6 Å². The molecule has 0 saturated heterocycles. The van der Waals surface area contributed by atoms with E-state index >= 15 is 0 Å². The van der Waals surface area contributed by atoms with Gasteiger partial charge in [-0.3, -0.25) is 4.90 Å². The summed E-state index contributed by atoms with van der Waals surface area (Å²) in [5.74, 6) is 0. The number of hydrogen-bond donors (Lipinski definition) is 1. The number of halogens is 3. The third-order valence-electron chi connectivity index (χ3n) is 3.43. The Morgan fingerprint density at radius 1 is 1.10 bits per heavy atom. The second-order valence-electron chi connectivity index (χ2n) is 4.97. The smallest absolute Gasteiger partial charge is 0.0471 e. The van der Waals surface area contributed by atoms with Gasteiger partial charge in [0, 0.05) is 33.1 Å². The lowest BCUT2D eigenvalue weighted by Crippen LogP contribution is -2.30. The number of hydrogen-bond acceptors (Lipinski definition) is 2. The van der Waals surface area contributed by atoms with Crippen LogP contribution in [0.1, 0.15) is 17.2 Å². The maximum Gasteiger partial charge on any atom is 0.0471 e. The average molecular weight is 433 g/mol. The van der Waals surface area contributed by atoms with Crippen LogP contribution in [-0.4, -0.2) is 18.5 Å². The fraction of sp³-hybridized carbons (Fsp3) is 0.250. The molecule has 5 heteroatoms. The number of benzene rings is 2. The number of nitrogens with zero attached hydrogens (tertiary/aromatic N) is 1. The van der Waals surface area contributed by atoms with Gasteiger partial charge < -0.3 is 5.73 Å². The zero-order valence-electron chi connectivity index (χ0n) is 11.7. The molecule has 2 aromatic rings. The molecular formula is C16H17Br2ClN2. The van der Waals surface area contributed by atoms with Crippen molar-refractivity contribution in [3.63, 3.8) is 0 Å². The lowest BCUT2D eigenvalue weighted by molar-refractivity contribution is 0.241. The van der Waals surface area contributed by atoms with Gasteiger partial charge in [0.25, 0.3) is 0 Å². The van der Waals surface area contributed by atoms with E-state index in [9.17, 15) is 0 Å². The van der Waals surface area contributed by atoms with Crippen molar-refractivity contribution >= 4 is 43.5 Å². The Bertz CT molecular complexity index is 602. The van der Waals surface area contributed by atoms with E-state index in [1.165, 1.54) is 11.1 Å². The number of likely N-dealkylation sites (N-methyl/N-ethyl adjacent to an activating group) is 1. The van der Waals surface area contributed by atoms with Gasteiger partial charge in [0.05, 0.1) is 0 Å². The molecule has 2 N–H and O–H groups in total. The largest absolute Gasteiger partial charge is 0.329 e. The summed E-state index contributed by atoms with van der Waals surface area (Å²) in [6, 6.07) is 14.3. The van der Waals surface area contributed by atoms with Gasteiger partial charge in [0.15, 0.2) is 0 Å². The Balaban J connectivity index is 2.15. The van der Waals surface area contributed by atoms with Gasteiger partial charge >= 0.3 is 0 Å². The summed E-state index contributed by atoms with van der Waals surface area (Å²) in [4.78, 5) is 2.25. The first-order chi connectivity index (χ1) is 10.0. The third-order valence-corrected chi connectivity index (χ3v) is 5.56. The van der Waals surface area contributed by atoms with Crippen LogP contribution in [0.2, 0.25) is 5.02 Å². The SMILES string of the molecule is CN(Cc1ccc(Cl)cc1)C(CN)c1ccc(Br)c(Br)c1. The summed E-state index contributed by atoms with van der Waals surface area (Å²) in [5.41, 5.74) is 8.40. The molecule has 2 nitrogen and oxygen atoms in total. The van der Waals surface area contributed by atoms with Gasteiger partial charge in [-0.2, -0.15) is 0 Å². The summed E-state index contributed by atoms with van der Waals surface area (Å²) in [6.07, 6.45) is 0. The molecule has 21 heavy (non-hydrogen) atoms. The second-order valence-corrected chi connectivity index (χ2v) is 7.11. The average Bonchev–Trinajstić information content (AvgIpc) is 2.46. The molecule has 0 aromatic heterocycles. The molecule has 1 atom stereocenters. The Morgan fingerprint density at radius 2 is 1.76 bits per heavy atom. The van der Waals surface area contributed by atoms with Crippen LogP contribution in [-0.2, 0) is 6.54 Å². The highest BCUT2D eigenvalue weighted by Crippen LogP contribution is 2.28. The fourth-order valence-corrected chi connectivity index (χ4v) is 3.05. The number of rotatable bonds is 5. The van der Waals surface area contributed by atoms with Crippen molar-refractivity contribution in [3.8, 4) is 0 Å². The lowest BCUT2D eigenvalue weighted by atomic mass is 10.1. The summed E-state index contributed by atoms with van der Waals surface area (Å²) in [7, 11) is 2.09. The van der Waals surface area contributed by atoms with Crippen molar-refractivity contribution in [2.24, 2.45) is 5.73 Å². The van der Waals surface area contributed by atoms with E-state index in [0.29, 0.717) is 6.54 Å². The van der Waals surface area contributed by atoms with Crippen LogP contribution in [0.5, 0.6) is 0 Å². The normalized spacial score (nSPS) is 12.7.